The molecule has 0 heteroatoms. The molecule has 1 spiro atoms. The lowest BCUT2D eigenvalue weighted by Crippen LogP contribution is -2.26. The normalized spacial score (nSPS) is 13.6. The summed E-state index contributed by atoms with van der Waals surface area (Å²) in [7, 11) is 0. The molecule has 0 heterocycles. The van der Waals surface area contributed by atoms with Crippen molar-refractivity contribution in [3.63, 3.8) is 0 Å². The molecule has 0 amide bonds. The minimum atomic E-state index is -0.471. The zero-order valence-corrected chi connectivity index (χ0v) is 32.1. The smallest absolute Gasteiger partial charge is 0.0619 e. The molecule has 12 aromatic rings. The molecular weight excluding hydrogens is 709 g/mol. The molecule has 0 fully saturated rings. The first-order chi connectivity index (χ1) is 29.3. The molecule has 0 nitrogen and oxygen atoms in total. The van der Waals surface area contributed by atoms with Gasteiger partial charge < -0.3 is 0 Å². The minimum Gasteiger partial charge on any atom is -0.0619 e. The van der Waals surface area contributed by atoms with E-state index in [0.29, 0.717) is 0 Å². The van der Waals surface area contributed by atoms with Crippen molar-refractivity contribution in [1.29, 1.82) is 0 Å². The van der Waals surface area contributed by atoms with Gasteiger partial charge in [0.1, 0.15) is 0 Å². The highest BCUT2D eigenvalue weighted by Gasteiger charge is 2.53. The Hall–Kier alpha value is -7.54. The molecule has 14 rings (SSSR count). The van der Waals surface area contributed by atoms with Crippen molar-refractivity contribution in [3.8, 4) is 33.4 Å². The van der Waals surface area contributed by atoms with Crippen molar-refractivity contribution in [2.75, 3.05) is 0 Å². The highest BCUT2D eigenvalue weighted by molar-refractivity contribution is 6.33. The number of benzene rings is 12. The Morgan fingerprint density at radius 2 is 0.729 bits per heavy atom. The van der Waals surface area contributed by atoms with Gasteiger partial charge in [-0.15, -0.1) is 0 Å². The van der Waals surface area contributed by atoms with Crippen LogP contribution < -0.4 is 0 Å². The highest BCUT2D eigenvalue weighted by atomic mass is 14.5. The standard InChI is InChI=1S/C59H34/c1-2-19-42-38(15-1)39-16-3-7-23-46(39)56-47-24-8-5-20-43(47)50(34-51(42)56)36-30-29-35-32-52-55(33-37(35)31-36)59(53-27-13-11-21-44(53)45-22-12-14-28-54(45)59)58-49-26-10-6-18-41(49)40-17-4-9-25-48(40)57(52)58/h1-34H. The third-order valence-electron chi connectivity index (χ3n) is 14.0. The van der Waals surface area contributed by atoms with E-state index in [2.05, 4.69) is 206 Å². The van der Waals surface area contributed by atoms with Gasteiger partial charge in [0.2, 0.25) is 0 Å². The van der Waals surface area contributed by atoms with E-state index in [0.717, 1.165) is 0 Å². The number of hydrogen-bond donors (Lipinski definition) is 0. The molecule has 0 saturated carbocycles. The molecule has 270 valence electrons. The first kappa shape index (κ1) is 31.5. The first-order valence-corrected chi connectivity index (χ1v) is 20.8. The molecule has 0 bridgehead atoms. The summed E-state index contributed by atoms with van der Waals surface area (Å²) in [5, 5.41) is 18.2. The first-order valence-electron chi connectivity index (χ1n) is 20.8. The van der Waals surface area contributed by atoms with Crippen LogP contribution in [0.15, 0.2) is 206 Å². The second-order valence-corrected chi connectivity index (χ2v) is 16.6. The van der Waals surface area contributed by atoms with E-state index in [1.807, 2.05) is 0 Å². The fourth-order valence-electron chi connectivity index (χ4n) is 11.7. The van der Waals surface area contributed by atoms with Crippen LogP contribution in [0.4, 0.5) is 0 Å². The third-order valence-corrected chi connectivity index (χ3v) is 14.0. The van der Waals surface area contributed by atoms with Gasteiger partial charge in [-0.05, 0) is 155 Å². The number of rotatable bonds is 1. The van der Waals surface area contributed by atoms with Gasteiger partial charge in [0.15, 0.2) is 0 Å². The van der Waals surface area contributed by atoms with E-state index in [-0.39, 0.29) is 0 Å². The predicted octanol–water partition coefficient (Wildman–Crippen LogP) is 15.8. The van der Waals surface area contributed by atoms with Crippen molar-refractivity contribution in [3.05, 3.63) is 229 Å². The highest BCUT2D eigenvalue weighted by Crippen LogP contribution is 2.65. The van der Waals surface area contributed by atoms with Crippen LogP contribution in [0.2, 0.25) is 0 Å². The molecule has 12 aromatic carbocycles. The fourth-order valence-corrected chi connectivity index (χ4v) is 11.7. The van der Waals surface area contributed by atoms with Crippen LogP contribution in [0.1, 0.15) is 22.3 Å². The summed E-state index contributed by atoms with van der Waals surface area (Å²) in [5.74, 6) is 0. The van der Waals surface area contributed by atoms with Crippen molar-refractivity contribution >= 4 is 75.4 Å². The van der Waals surface area contributed by atoms with Crippen LogP contribution in [0.3, 0.4) is 0 Å². The second-order valence-electron chi connectivity index (χ2n) is 16.6. The van der Waals surface area contributed by atoms with Crippen LogP contribution in [-0.4, -0.2) is 0 Å². The molecule has 2 aliphatic carbocycles. The summed E-state index contributed by atoms with van der Waals surface area (Å²) in [6.45, 7) is 0. The summed E-state index contributed by atoms with van der Waals surface area (Å²) in [4.78, 5) is 0. The van der Waals surface area contributed by atoms with E-state index < -0.39 is 5.41 Å². The van der Waals surface area contributed by atoms with E-state index in [9.17, 15) is 0 Å². The van der Waals surface area contributed by atoms with Crippen LogP contribution in [0.25, 0.3) is 109 Å². The average molecular weight is 743 g/mol. The van der Waals surface area contributed by atoms with Crippen molar-refractivity contribution in [2.24, 2.45) is 0 Å². The van der Waals surface area contributed by atoms with Crippen LogP contribution in [0.5, 0.6) is 0 Å². The maximum absolute atomic E-state index is 2.56. The largest absolute Gasteiger partial charge is 0.0731 e. The lowest BCUT2D eigenvalue weighted by atomic mass is 9.69. The van der Waals surface area contributed by atoms with Gasteiger partial charge >= 0.3 is 0 Å². The van der Waals surface area contributed by atoms with E-state index in [1.54, 1.807) is 0 Å². The number of fused-ring (bicyclic) bond motifs is 24. The maximum atomic E-state index is 2.56. The Morgan fingerprint density at radius 1 is 0.254 bits per heavy atom. The summed E-state index contributed by atoms with van der Waals surface area (Å²) >= 11 is 0. The summed E-state index contributed by atoms with van der Waals surface area (Å²) < 4.78 is 0. The average Bonchev–Trinajstić information content (AvgIpc) is 3.77. The molecule has 0 aliphatic heterocycles. The fraction of sp³-hybridized carbons (Fsp3) is 0.0169. The van der Waals surface area contributed by atoms with Gasteiger partial charge in [0.25, 0.3) is 0 Å². The van der Waals surface area contributed by atoms with Crippen molar-refractivity contribution in [1.82, 2.24) is 0 Å². The monoisotopic (exact) mass is 742 g/mol. The zero-order chi connectivity index (χ0) is 38.4. The molecule has 2 aliphatic rings. The molecule has 59 heavy (non-hydrogen) atoms. The van der Waals surface area contributed by atoms with Crippen molar-refractivity contribution < 1.29 is 0 Å². The van der Waals surface area contributed by atoms with Crippen LogP contribution in [-0.2, 0) is 5.41 Å². The molecular formula is C59H34. The topological polar surface area (TPSA) is 0 Å². The second kappa shape index (κ2) is 11.3. The van der Waals surface area contributed by atoms with E-state index in [4.69, 9.17) is 0 Å². The Labute approximate surface area is 341 Å². The van der Waals surface area contributed by atoms with E-state index in [1.165, 1.54) is 131 Å². The molecule has 0 aromatic heterocycles. The Kier molecular flexibility index (Phi) is 6.05. The summed E-state index contributed by atoms with van der Waals surface area (Å²) in [5.41, 5.74) is 12.9. The Morgan fingerprint density at radius 3 is 1.39 bits per heavy atom. The van der Waals surface area contributed by atoms with Crippen LogP contribution >= 0.6 is 0 Å². The molecule has 0 unspecified atom stereocenters. The van der Waals surface area contributed by atoms with Gasteiger partial charge in [-0.25, -0.2) is 0 Å². The molecule has 0 N–H and O–H groups in total. The van der Waals surface area contributed by atoms with Gasteiger partial charge in [-0.2, -0.15) is 0 Å². The SMILES string of the molecule is c1ccc2c(c1)-c1ccccc1C21c2cc3cc(-c4cc5c6ccccc6c6ccccc6c5c5ccccc45)ccc3cc2-c2c1c1ccccc1c1ccccc21. The Bertz CT molecular complexity index is 3800. The Balaban J connectivity index is 1.11. The van der Waals surface area contributed by atoms with Crippen LogP contribution in [0, 0.1) is 0 Å². The van der Waals surface area contributed by atoms with Crippen molar-refractivity contribution in [2.45, 2.75) is 5.41 Å². The molecule has 0 saturated heterocycles. The zero-order valence-electron chi connectivity index (χ0n) is 32.1. The van der Waals surface area contributed by atoms with E-state index >= 15 is 0 Å². The molecule has 0 atom stereocenters. The summed E-state index contributed by atoms with van der Waals surface area (Å²) in [6, 6.07) is 78.1. The maximum Gasteiger partial charge on any atom is 0.0731 e. The van der Waals surface area contributed by atoms with Gasteiger partial charge in [0, 0.05) is 0 Å². The molecule has 0 radical (unpaired) electrons. The summed E-state index contributed by atoms with van der Waals surface area (Å²) in [6.07, 6.45) is 0. The van der Waals surface area contributed by atoms with Gasteiger partial charge in [-0.1, -0.05) is 182 Å². The van der Waals surface area contributed by atoms with Gasteiger partial charge in [-0.3, -0.25) is 0 Å². The van der Waals surface area contributed by atoms with Gasteiger partial charge in [0.05, 0.1) is 5.41 Å². The predicted molar refractivity (Wildman–Crippen MR) is 251 cm³/mol. The number of hydrogen-bond acceptors (Lipinski definition) is 0. The lowest BCUT2D eigenvalue weighted by molar-refractivity contribution is 0.803. The third kappa shape index (κ3) is 3.89. The quantitative estimate of drug-likeness (QED) is 0.147. The lowest BCUT2D eigenvalue weighted by Gasteiger charge is -2.32. The minimum absolute atomic E-state index is 0.471.